The van der Waals surface area contributed by atoms with Gasteiger partial charge in [-0.2, -0.15) is 8.78 Å². The summed E-state index contributed by atoms with van der Waals surface area (Å²) in [4.78, 5) is 10.1. The van der Waals surface area contributed by atoms with Crippen LogP contribution in [-0.2, 0) is 6.54 Å². The van der Waals surface area contributed by atoms with Crippen LogP contribution in [0.1, 0.15) is 4.88 Å². The molecule has 0 atom stereocenters. The van der Waals surface area contributed by atoms with Crippen LogP contribution in [-0.4, -0.2) is 23.8 Å². The number of rotatable bonds is 6. The minimum Gasteiger partial charge on any atom is -0.306 e. The highest BCUT2D eigenvalue weighted by atomic mass is 32.1. The first-order chi connectivity index (χ1) is 7.83. The van der Waals surface area contributed by atoms with Crippen molar-refractivity contribution in [2.75, 3.05) is 6.54 Å². The van der Waals surface area contributed by atoms with Crippen LogP contribution in [0.15, 0.2) is 12.1 Å². The summed E-state index contributed by atoms with van der Waals surface area (Å²) in [6, 6.07) is 2.61. The molecule has 0 radical (unpaired) electrons. The van der Waals surface area contributed by atoms with Crippen LogP contribution in [0.5, 0.6) is 0 Å². The zero-order valence-electron chi connectivity index (χ0n) is 8.33. The third-order valence-electron chi connectivity index (χ3n) is 1.81. The number of alkyl halides is 4. The Morgan fingerprint density at radius 3 is 2.59 bits per heavy atom. The fourth-order valence-electron chi connectivity index (χ4n) is 0.989. The van der Waals surface area contributed by atoms with E-state index in [1.807, 2.05) is 0 Å². The Morgan fingerprint density at radius 1 is 1.47 bits per heavy atom. The van der Waals surface area contributed by atoms with Crippen molar-refractivity contribution in [3.05, 3.63) is 27.1 Å². The highest BCUT2D eigenvalue weighted by Crippen LogP contribution is 2.25. The average Bonchev–Trinajstić information content (AvgIpc) is 2.66. The van der Waals surface area contributed by atoms with Gasteiger partial charge in [-0.15, -0.1) is 0 Å². The molecule has 0 spiro atoms. The van der Waals surface area contributed by atoms with E-state index in [1.165, 1.54) is 12.1 Å². The van der Waals surface area contributed by atoms with Gasteiger partial charge in [0.2, 0.25) is 0 Å². The third kappa shape index (κ3) is 3.93. The molecule has 0 aliphatic heterocycles. The number of nitrogens with zero attached hydrogens (tertiary/aromatic N) is 1. The Bertz CT molecular complexity index is 397. The highest BCUT2D eigenvalue weighted by Gasteiger charge is 2.39. The van der Waals surface area contributed by atoms with Crippen molar-refractivity contribution < 1.29 is 22.5 Å². The standard InChI is InChI=1S/C8H8F4N2O2S/c9-7(10)8(11,12)4-13-3-5-1-2-6(17-5)14(15)16/h1-2,7,13H,3-4H2. The normalized spacial score (nSPS) is 12.1. The Morgan fingerprint density at radius 2 is 2.12 bits per heavy atom. The first-order valence-electron chi connectivity index (χ1n) is 4.42. The van der Waals surface area contributed by atoms with Crippen molar-refractivity contribution in [2.24, 2.45) is 0 Å². The second-order valence-corrected chi connectivity index (χ2v) is 4.31. The van der Waals surface area contributed by atoms with Crippen molar-refractivity contribution in [3.63, 3.8) is 0 Å². The summed E-state index contributed by atoms with van der Waals surface area (Å²) in [5.41, 5.74) is 0. The van der Waals surface area contributed by atoms with Crippen LogP contribution in [0.4, 0.5) is 22.6 Å². The molecule has 17 heavy (non-hydrogen) atoms. The summed E-state index contributed by atoms with van der Waals surface area (Å²) in [6.45, 7) is -1.28. The molecule has 1 rings (SSSR count). The van der Waals surface area contributed by atoms with Gasteiger partial charge in [-0.05, 0) is 6.07 Å². The molecule has 1 aromatic rings. The molecule has 0 aromatic carbocycles. The maximum Gasteiger partial charge on any atom is 0.324 e. The van der Waals surface area contributed by atoms with Gasteiger partial charge >= 0.3 is 17.3 Å². The zero-order chi connectivity index (χ0) is 13.1. The molecule has 1 aromatic heterocycles. The van der Waals surface area contributed by atoms with Gasteiger partial charge in [0.1, 0.15) is 0 Å². The lowest BCUT2D eigenvalue weighted by Crippen LogP contribution is -2.38. The lowest BCUT2D eigenvalue weighted by Gasteiger charge is -2.15. The number of hydrogen-bond donors (Lipinski definition) is 1. The van der Waals surface area contributed by atoms with E-state index in [0.29, 0.717) is 4.88 Å². The van der Waals surface area contributed by atoms with Gasteiger partial charge in [-0.3, -0.25) is 10.1 Å². The molecule has 0 aliphatic rings. The molecule has 0 unspecified atom stereocenters. The SMILES string of the molecule is O=[N+]([O-])c1ccc(CNCC(F)(F)C(F)F)s1. The number of hydrogen-bond acceptors (Lipinski definition) is 4. The summed E-state index contributed by atoms with van der Waals surface area (Å²) in [7, 11) is 0. The molecule has 0 fully saturated rings. The van der Waals surface area contributed by atoms with E-state index in [2.05, 4.69) is 5.32 Å². The fourth-order valence-corrected chi connectivity index (χ4v) is 1.78. The van der Waals surface area contributed by atoms with E-state index < -0.39 is 23.8 Å². The smallest absolute Gasteiger partial charge is 0.306 e. The predicted octanol–water partition coefficient (Wildman–Crippen LogP) is 2.65. The van der Waals surface area contributed by atoms with Gasteiger partial charge in [0.15, 0.2) is 0 Å². The largest absolute Gasteiger partial charge is 0.324 e. The number of nitrogens with one attached hydrogen (secondary N) is 1. The monoisotopic (exact) mass is 272 g/mol. The second-order valence-electron chi connectivity index (χ2n) is 3.16. The summed E-state index contributed by atoms with van der Waals surface area (Å²) in [6.07, 6.45) is -3.73. The minimum atomic E-state index is -4.09. The van der Waals surface area contributed by atoms with E-state index in [9.17, 15) is 27.7 Å². The Kier molecular flexibility index (Phi) is 4.40. The maximum atomic E-state index is 12.5. The lowest BCUT2D eigenvalue weighted by molar-refractivity contribution is -0.380. The molecule has 1 heterocycles. The van der Waals surface area contributed by atoms with E-state index in [-0.39, 0.29) is 11.5 Å². The summed E-state index contributed by atoms with van der Waals surface area (Å²) in [5.74, 6) is -4.09. The van der Waals surface area contributed by atoms with Crippen molar-refractivity contribution in [3.8, 4) is 0 Å². The molecule has 0 bridgehead atoms. The quantitative estimate of drug-likeness (QED) is 0.492. The molecule has 1 N–H and O–H groups in total. The van der Waals surface area contributed by atoms with Crippen LogP contribution in [0.25, 0.3) is 0 Å². The van der Waals surface area contributed by atoms with Gasteiger partial charge in [0.25, 0.3) is 0 Å². The zero-order valence-corrected chi connectivity index (χ0v) is 9.15. The molecular formula is C8H8F4N2O2S. The first-order valence-corrected chi connectivity index (χ1v) is 5.24. The van der Waals surface area contributed by atoms with Gasteiger partial charge < -0.3 is 5.32 Å². The number of thiophene rings is 1. The van der Waals surface area contributed by atoms with Crippen molar-refractivity contribution in [1.82, 2.24) is 5.32 Å². The fraction of sp³-hybridized carbons (Fsp3) is 0.500. The van der Waals surface area contributed by atoms with Gasteiger partial charge in [0, 0.05) is 17.5 Å². The van der Waals surface area contributed by atoms with E-state index >= 15 is 0 Å². The Labute approximate surface area is 97.4 Å². The van der Waals surface area contributed by atoms with Crippen LogP contribution in [0.3, 0.4) is 0 Å². The van der Waals surface area contributed by atoms with E-state index in [0.717, 1.165) is 11.3 Å². The molecule has 4 nitrogen and oxygen atoms in total. The van der Waals surface area contributed by atoms with Crippen LogP contribution in [0, 0.1) is 10.1 Å². The molecular weight excluding hydrogens is 264 g/mol. The van der Waals surface area contributed by atoms with Crippen molar-refractivity contribution in [2.45, 2.75) is 18.9 Å². The van der Waals surface area contributed by atoms with Crippen molar-refractivity contribution in [1.29, 1.82) is 0 Å². The van der Waals surface area contributed by atoms with Gasteiger partial charge in [-0.1, -0.05) is 11.3 Å². The topological polar surface area (TPSA) is 55.2 Å². The molecule has 0 aliphatic carbocycles. The molecule has 0 amide bonds. The molecule has 9 heteroatoms. The van der Waals surface area contributed by atoms with Crippen molar-refractivity contribution >= 4 is 16.3 Å². The summed E-state index contributed by atoms with van der Waals surface area (Å²) in [5, 5.41) is 12.3. The minimum absolute atomic E-state index is 0.110. The third-order valence-corrected chi connectivity index (χ3v) is 2.84. The first kappa shape index (κ1) is 13.8. The average molecular weight is 272 g/mol. The summed E-state index contributed by atoms with van der Waals surface area (Å²) >= 11 is 0.806. The van der Waals surface area contributed by atoms with Gasteiger partial charge in [0.05, 0.1) is 11.5 Å². The summed E-state index contributed by atoms with van der Waals surface area (Å²) < 4.78 is 48.5. The van der Waals surface area contributed by atoms with E-state index in [1.54, 1.807) is 0 Å². The van der Waals surface area contributed by atoms with E-state index in [4.69, 9.17) is 0 Å². The maximum absolute atomic E-state index is 12.5. The molecule has 96 valence electrons. The second kappa shape index (κ2) is 5.41. The lowest BCUT2D eigenvalue weighted by atomic mass is 10.3. The number of halogens is 4. The number of nitro groups is 1. The Balaban J connectivity index is 2.43. The van der Waals surface area contributed by atoms with Crippen LogP contribution < -0.4 is 5.32 Å². The Hall–Kier alpha value is -1.22. The van der Waals surface area contributed by atoms with Crippen LogP contribution in [0.2, 0.25) is 0 Å². The molecule has 0 saturated heterocycles. The predicted molar refractivity (Wildman–Crippen MR) is 53.6 cm³/mol. The molecule has 0 saturated carbocycles. The highest BCUT2D eigenvalue weighted by molar-refractivity contribution is 7.15. The van der Waals surface area contributed by atoms with Gasteiger partial charge in [-0.25, -0.2) is 8.78 Å². The van der Waals surface area contributed by atoms with Crippen LogP contribution >= 0.6 is 11.3 Å².